The molecule has 0 amide bonds. The van der Waals surface area contributed by atoms with Gasteiger partial charge in [0.1, 0.15) is 0 Å². The highest BCUT2D eigenvalue weighted by molar-refractivity contribution is 5.88. The van der Waals surface area contributed by atoms with E-state index in [0.717, 1.165) is 26.8 Å². The largest absolute Gasteiger partial charge is 0.478 e. The molecular formula is C32H28N4O4. The van der Waals surface area contributed by atoms with Crippen molar-refractivity contribution in [2.75, 3.05) is 11.4 Å². The van der Waals surface area contributed by atoms with Crippen LogP contribution < -0.4 is 16.3 Å². The second-order valence-electron chi connectivity index (χ2n) is 9.28. The number of carbonyl (C=O) groups is 1. The zero-order valence-electron chi connectivity index (χ0n) is 22.0. The Morgan fingerprint density at radius 3 is 2.23 bits per heavy atom. The standard InChI is InChI=1S/C32H28N4O4/c1-2-34(21-23-12-5-3-6-13-23)30-33-31(39)35(32(40)36(30)27-18-11-17-25(20-27)29(37)38)22-26-16-9-10-19-28(26)24-14-7-4-8-15-24/h3-20H,2,21-22H2,1H3,(H,37,38). The number of aromatic nitrogens is 3. The van der Waals surface area contributed by atoms with Crippen LogP contribution in [0.4, 0.5) is 5.95 Å². The van der Waals surface area contributed by atoms with Crippen molar-refractivity contribution in [3.05, 3.63) is 147 Å². The number of carboxylic acids is 1. The Hall–Kier alpha value is -5.24. The van der Waals surface area contributed by atoms with Crippen molar-refractivity contribution in [1.29, 1.82) is 0 Å². The summed E-state index contributed by atoms with van der Waals surface area (Å²) >= 11 is 0. The second kappa shape index (κ2) is 11.7. The molecule has 1 heterocycles. The van der Waals surface area contributed by atoms with Crippen molar-refractivity contribution in [2.45, 2.75) is 20.0 Å². The number of hydrogen-bond acceptors (Lipinski definition) is 5. The molecule has 0 saturated heterocycles. The van der Waals surface area contributed by atoms with E-state index in [4.69, 9.17) is 0 Å². The Kier molecular flexibility index (Phi) is 7.68. The highest BCUT2D eigenvalue weighted by Crippen LogP contribution is 2.24. The quantitative estimate of drug-likeness (QED) is 0.292. The van der Waals surface area contributed by atoms with Crippen molar-refractivity contribution in [3.63, 3.8) is 0 Å². The highest BCUT2D eigenvalue weighted by Gasteiger charge is 2.21. The molecule has 200 valence electrons. The van der Waals surface area contributed by atoms with Crippen molar-refractivity contribution in [2.24, 2.45) is 0 Å². The monoisotopic (exact) mass is 532 g/mol. The van der Waals surface area contributed by atoms with Gasteiger partial charge >= 0.3 is 17.3 Å². The normalized spacial score (nSPS) is 10.8. The van der Waals surface area contributed by atoms with Gasteiger partial charge in [-0.3, -0.25) is 0 Å². The molecule has 1 aromatic heterocycles. The van der Waals surface area contributed by atoms with Gasteiger partial charge in [0.2, 0.25) is 5.95 Å². The zero-order chi connectivity index (χ0) is 28.1. The molecule has 40 heavy (non-hydrogen) atoms. The van der Waals surface area contributed by atoms with Gasteiger partial charge in [-0.05, 0) is 47.4 Å². The second-order valence-corrected chi connectivity index (χ2v) is 9.28. The first-order chi connectivity index (χ1) is 19.5. The van der Waals surface area contributed by atoms with Crippen molar-refractivity contribution in [1.82, 2.24) is 14.1 Å². The Morgan fingerprint density at radius 1 is 0.850 bits per heavy atom. The van der Waals surface area contributed by atoms with Crippen molar-refractivity contribution in [3.8, 4) is 16.8 Å². The summed E-state index contributed by atoms with van der Waals surface area (Å²) in [7, 11) is 0. The lowest BCUT2D eigenvalue weighted by Gasteiger charge is -2.25. The van der Waals surface area contributed by atoms with E-state index >= 15 is 0 Å². The predicted molar refractivity (Wildman–Crippen MR) is 155 cm³/mol. The molecule has 8 heteroatoms. The molecule has 4 aromatic carbocycles. The number of rotatable bonds is 9. The molecule has 0 aliphatic carbocycles. The summed E-state index contributed by atoms with van der Waals surface area (Å²) in [5, 5.41) is 9.61. The van der Waals surface area contributed by atoms with Crippen molar-refractivity contribution >= 4 is 11.9 Å². The van der Waals surface area contributed by atoms with E-state index in [0.29, 0.717) is 18.8 Å². The summed E-state index contributed by atoms with van der Waals surface area (Å²) in [4.78, 5) is 45.6. The van der Waals surface area contributed by atoms with E-state index in [1.165, 1.54) is 16.7 Å². The highest BCUT2D eigenvalue weighted by atomic mass is 16.4. The van der Waals surface area contributed by atoms with Gasteiger partial charge in [-0.1, -0.05) is 91.0 Å². The molecular weight excluding hydrogens is 504 g/mol. The Labute approximate surface area is 231 Å². The third-order valence-electron chi connectivity index (χ3n) is 6.71. The lowest BCUT2D eigenvalue weighted by atomic mass is 10.00. The third kappa shape index (κ3) is 5.47. The number of aromatic carboxylic acids is 1. The number of nitrogens with zero attached hydrogens (tertiary/aromatic N) is 4. The summed E-state index contributed by atoms with van der Waals surface area (Å²) in [6.45, 7) is 2.77. The van der Waals surface area contributed by atoms with E-state index in [9.17, 15) is 19.5 Å². The summed E-state index contributed by atoms with van der Waals surface area (Å²) in [6.07, 6.45) is 0. The molecule has 5 rings (SSSR count). The maximum atomic E-state index is 14.1. The van der Waals surface area contributed by atoms with Gasteiger partial charge in [0, 0.05) is 13.1 Å². The molecule has 0 atom stereocenters. The summed E-state index contributed by atoms with van der Waals surface area (Å²) in [5.41, 5.74) is 2.67. The molecule has 0 aliphatic heterocycles. The van der Waals surface area contributed by atoms with Gasteiger partial charge in [-0.2, -0.15) is 4.98 Å². The van der Waals surface area contributed by atoms with Gasteiger partial charge in [0.05, 0.1) is 17.8 Å². The fraction of sp³-hybridized carbons (Fsp3) is 0.125. The van der Waals surface area contributed by atoms with Gasteiger partial charge < -0.3 is 10.0 Å². The van der Waals surface area contributed by atoms with Crippen LogP contribution in [0.5, 0.6) is 0 Å². The molecule has 0 saturated carbocycles. The average molecular weight is 533 g/mol. The van der Waals surface area contributed by atoms with Crippen LogP contribution in [0.2, 0.25) is 0 Å². The molecule has 0 aliphatic rings. The molecule has 0 spiro atoms. The maximum absolute atomic E-state index is 14.1. The number of carboxylic acid groups (broad SMARTS) is 1. The molecule has 0 bridgehead atoms. The lowest BCUT2D eigenvalue weighted by Crippen LogP contribution is -2.44. The minimum absolute atomic E-state index is 0.000550. The number of hydrogen-bond donors (Lipinski definition) is 1. The first-order valence-corrected chi connectivity index (χ1v) is 13.0. The molecule has 8 nitrogen and oxygen atoms in total. The van der Waals surface area contributed by atoms with Crippen LogP contribution >= 0.6 is 0 Å². The molecule has 0 radical (unpaired) electrons. The summed E-state index contributed by atoms with van der Waals surface area (Å²) in [5.74, 6) is -0.970. The fourth-order valence-electron chi connectivity index (χ4n) is 4.69. The third-order valence-corrected chi connectivity index (χ3v) is 6.71. The van der Waals surface area contributed by atoms with Gasteiger partial charge in [-0.15, -0.1) is 0 Å². The van der Waals surface area contributed by atoms with Gasteiger partial charge in [0.25, 0.3) is 0 Å². The molecule has 0 fully saturated rings. The lowest BCUT2D eigenvalue weighted by molar-refractivity contribution is 0.0697. The first-order valence-electron chi connectivity index (χ1n) is 13.0. The number of anilines is 1. The molecule has 0 unspecified atom stereocenters. The molecule has 5 aromatic rings. The zero-order valence-corrected chi connectivity index (χ0v) is 22.0. The Bertz CT molecular complexity index is 1760. The number of benzene rings is 4. The minimum Gasteiger partial charge on any atom is -0.478 e. The van der Waals surface area contributed by atoms with Crippen molar-refractivity contribution < 1.29 is 9.90 Å². The fourth-order valence-corrected chi connectivity index (χ4v) is 4.69. The van der Waals surface area contributed by atoms with E-state index in [-0.39, 0.29) is 18.1 Å². The van der Waals surface area contributed by atoms with Crippen LogP contribution in [0.15, 0.2) is 119 Å². The van der Waals surface area contributed by atoms with E-state index < -0.39 is 17.3 Å². The van der Waals surface area contributed by atoms with Gasteiger partial charge in [0.15, 0.2) is 0 Å². The van der Waals surface area contributed by atoms with E-state index in [1.54, 1.807) is 12.1 Å². The first kappa shape index (κ1) is 26.4. The van der Waals surface area contributed by atoms with Crippen LogP contribution in [0.1, 0.15) is 28.4 Å². The van der Waals surface area contributed by atoms with E-state index in [2.05, 4.69) is 4.98 Å². The Morgan fingerprint density at radius 2 is 1.52 bits per heavy atom. The van der Waals surface area contributed by atoms with Crippen LogP contribution in [-0.2, 0) is 13.1 Å². The van der Waals surface area contributed by atoms with Crippen LogP contribution in [0, 0.1) is 0 Å². The molecule has 1 N–H and O–H groups in total. The van der Waals surface area contributed by atoms with Crippen LogP contribution in [0.3, 0.4) is 0 Å². The smallest absolute Gasteiger partial charge is 0.355 e. The minimum atomic E-state index is -1.12. The predicted octanol–water partition coefficient (Wildman–Crippen LogP) is 4.83. The van der Waals surface area contributed by atoms with Crippen LogP contribution in [-0.4, -0.2) is 31.7 Å². The van der Waals surface area contributed by atoms with Gasteiger partial charge in [-0.25, -0.2) is 23.5 Å². The van der Waals surface area contributed by atoms with E-state index in [1.807, 2.05) is 96.8 Å². The SMILES string of the molecule is CCN(Cc1ccccc1)c1nc(=O)n(Cc2ccccc2-c2ccccc2)c(=O)n1-c1cccc(C(=O)O)c1. The Balaban J connectivity index is 1.68. The maximum Gasteiger partial charge on any atom is 0.355 e. The average Bonchev–Trinajstić information content (AvgIpc) is 2.99. The topological polar surface area (TPSA) is 97.4 Å². The summed E-state index contributed by atoms with van der Waals surface area (Å²) in [6, 6.07) is 33.1. The summed E-state index contributed by atoms with van der Waals surface area (Å²) < 4.78 is 2.42. The van der Waals surface area contributed by atoms with Crippen LogP contribution in [0.25, 0.3) is 16.8 Å².